The van der Waals surface area contributed by atoms with Gasteiger partial charge in [0.1, 0.15) is 11.6 Å². The molecule has 0 amide bonds. The van der Waals surface area contributed by atoms with E-state index >= 15 is 0 Å². The summed E-state index contributed by atoms with van der Waals surface area (Å²) in [6.07, 6.45) is 6.06. The van der Waals surface area contributed by atoms with E-state index in [0.29, 0.717) is 5.82 Å². The van der Waals surface area contributed by atoms with E-state index in [2.05, 4.69) is 21.8 Å². The topological polar surface area (TPSA) is 55.0 Å². The molecule has 0 saturated heterocycles. The monoisotopic (exact) mass is 192 g/mol. The highest BCUT2D eigenvalue weighted by Gasteiger charge is 2.24. The van der Waals surface area contributed by atoms with E-state index < -0.39 is 0 Å². The second-order valence-corrected chi connectivity index (χ2v) is 3.78. The van der Waals surface area contributed by atoms with E-state index in [0.717, 1.165) is 24.8 Å². The summed E-state index contributed by atoms with van der Waals surface area (Å²) in [6, 6.07) is 0. The Hall–Kier alpha value is -1.32. The minimum absolute atomic E-state index is 0.497. The summed E-state index contributed by atoms with van der Waals surface area (Å²) in [5, 5.41) is 0. The van der Waals surface area contributed by atoms with Crippen molar-refractivity contribution in [3.8, 4) is 0 Å². The zero-order valence-corrected chi connectivity index (χ0v) is 8.48. The van der Waals surface area contributed by atoms with Gasteiger partial charge in [-0.05, 0) is 25.7 Å². The molecule has 0 unspecified atom stereocenters. The first-order valence-corrected chi connectivity index (χ1v) is 5.12. The molecule has 1 aliphatic rings. The maximum atomic E-state index is 5.60. The van der Waals surface area contributed by atoms with Gasteiger partial charge in [-0.2, -0.15) is 0 Å². The highest BCUT2D eigenvalue weighted by atomic mass is 15.2. The average Bonchev–Trinajstić information content (AvgIpc) is 2.98. The van der Waals surface area contributed by atoms with Gasteiger partial charge in [-0.25, -0.2) is 4.98 Å². The van der Waals surface area contributed by atoms with E-state index in [1.165, 1.54) is 12.8 Å². The Morgan fingerprint density at radius 1 is 1.50 bits per heavy atom. The van der Waals surface area contributed by atoms with Crippen molar-refractivity contribution in [1.29, 1.82) is 0 Å². The number of nitrogen functional groups attached to an aromatic ring is 1. The molecule has 1 fully saturated rings. The zero-order chi connectivity index (χ0) is 9.97. The first-order valence-electron chi connectivity index (χ1n) is 5.12. The molecule has 0 atom stereocenters. The summed E-state index contributed by atoms with van der Waals surface area (Å²) >= 11 is 0. The van der Waals surface area contributed by atoms with Crippen molar-refractivity contribution in [3.05, 3.63) is 12.4 Å². The van der Waals surface area contributed by atoms with Gasteiger partial charge >= 0.3 is 0 Å². The molecule has 4 heteroatoms. The number of hydrogen-bond donors (Lipinski definition) is 1. The first-order chi connectivity index (χ1) is 6.79. The predicted octanol–water partition coefficient (Wildman–Crippen LogP) is 1.30. The molecule has 1 aromatic heterocycles. The molecule has 2 N–H and O–H groups in total. The number of aromatic nitrogens is 2. The lowest BCUT2D eigenvalue weighted by Gasteiger charge is -2.21. The Bertz CT molecular complexity index is 309. The molecular formula is C10H16N4. The largest absolute Gasteiger partial charge is 0.382 e. The fourth-order valence-corrected chi connectivity index (χ4v) is 1.52. The van der Waals surface area contributed by atoms with Crippen LogP contribution < -0.4 is 10.6 Å². The molecule has 1 aliphatic carbocycles. The molecule has 14 heavy (non-hydrogen) atoms. The third-order valence-corrected chi connectivity index (χ3v) is 2.52. The van der Waals surface area contributed by atoms with Gasteiger partial charge in [-0.3, -0.25) is 4.98 Å². The molecule has 1 saturated carbocycles. The SMILES string of the molecule is CCN(CC1CC1)c1cncc(N)n1. The van der Waals surface area contributed by atoms with E-state index in [1.54, 1.807) is 12.4 Å². The van der Waals surface area contributed by atoms with Crippen LogP contribution in [0.15, 0.2) is 12.4 Å². The lowest BCUT2D eigenvalue weighted by Crippen LogP contribution is -2.26. The Balaban J connectivity index is 2.08. The Labute approximate surface area is 84.2 Å². The number of nitrogens with two attached hydrogens (primary N) is 1. The Morgan fingerprint density at radius 3 is 2.86 bits per heavy atom. The summed E-state index contributed by atoms with van der Waals surface area (Å²) in [5.74, 6) is 2.26. The fourth-order valence-electron chi connectivity index (χ4n) is 1.52. The number of rotatable bonds is 4. The van der Waals surface area contributed by atoms with Crippen molar-refractivity contribution in [2.45, 2.75) is 19.8 Å². The van der Waals surface area contributed by atoms with Crippen molar-refractivity contribution in [2.24, 2.45) is 5.92 Å². The Morgan fingerprint density at radius 2 is 2.29 bits per heavy atom. The van der Waals surface area contributed by atoms with Gasteiger partial charge in [0.25, 0.3) is 0 Å². The summed E-state index contributed by atoms with van der Waals surface area (Å²) in [5.41, 5.74) is 5.60. The first kappa shape index (κ1) is 9.24. The maximum absolute atomic E-state index is 5.60. The molecule has 1 heterocycles. The number of anilines is 2. The molecule has 76 valence electrons. The quantitative estimate of drug-likeness (QED) is 0.781. The molecule has 0 aliphatic heterocycles. The maximum Gasteiger partial charge on any atom is 0.149 e. The van der Waals surface area contributed by atoms with Gasteiger partial charge < -0.3 is 10.6 Å². The van der Waals surface area contributed by atoms with Crippen LogP contribution >= 0.6 is 0 Å². The van der Waals surface area contributed by atoms with Crippen molar-refractivity contribution in [1.82, 2.24) is 9.97 Å². The summed E-state index contributed by atoms with van der Waals surface area (Å²) in [4.78, 5) is 10.6. The van der Waals surface area contributed by atoms with Crippen molar-refractivity contribution in [2.75, 3.05) is 23.7 Å². The summed E-state index contributed by atoms with van der Waals surface area (Å²) in [7, 11) is 0. The second kappa shape index (κ2) is 3.82. The van der Waals surface area contributed by atoms with Gasteiger partial charge in [0.05, 0.1) is 12.4 Å². The van der Waals surface area contributed by atoms with Gasteiger partial charge in [0.15, 0.2) is 0 Å². The van der Waals surface area contributed by atoms with Crippen LogP contribution in [0.5, 0.6) is 0 Å². The predicted molar refractivity (Wildman–Crippen MR) is 57.1 cm³/mol. The summed E-state index contributed by atoms with van der Waals surface area (Å²) < 4.78 is 0. The van der Waals surface area contributed by atoms with Crippen LogP contribution in [0.1, 0.15) is 19.8 Å². The van der Waals surface area contributed by atoms with Crippen LogP contribution in [-0.2, 0) is 0 Å². The molecule has 1 aromatic rings. The highest BCUT2D eigenvalue weighted by Crippen LogP contribution is 2.30. The minimum atomic E-state index is 0.497. The van der Waals surface area contributed by atoms with E-state index in [4.69, 9.17) is 5.73 Å². The normalized spacial score (nSPS) is 15.5. The lowest BCUT2D eigenvalue weighted by molar-refractivity contribution is 0.730. The summed E-state index contributed by atoms with van der Waals surface area (Å²) in [6.45, 7) is 4.19. The van der Waals surface area contributed by atoms with Gasteiger partial charge in [-0.15, -0.1) is 0 Å². The van der Waals surface area contributed by atoms with E-state index in [1.807, 2.05) is 0 Å². The molecular weight excluding hydrogens is 176 g/mol. The third-order valence-electron chi connectivity index (χ3n) is 2.52. The number of hydrogen-bond acceptors (Lipinski definition) is 4. The van der Waals surface area contributed by atoms with Crippen LogP contribution in [-0.4, -0.2) is 23.1 Å². The standard InChI is InChI=1S/C10H16N4/c1-2-14(7-8-3-4-8)10-6-12-5-9(11)13-10/h5-6,8H,2-4,7H2,1H3,(H2,11,13). The van der Waals surface area contributed by atoms with Gasteiger partial charge in [0, 0.05) is 13.1 Å². The van der Waals surface area contributed by atoms with E-state index in [9.17, 15) is 0 Å². The highest BCUT2D eigenvalue weighted by molar-refractivity contribution is 5.41. The third kappa shape index (κ3) is 2.13. The number of nitrogens with zero attached hydrogens (tertiary/aromatic N) is 3. The average molecular weight is 192 g/mol. The molecule has 2 rings (SSSR count). The smallest absolute Gasteiger partial charge is 0.149 e. The zero-order valence-electron chi connectivity index (χ0n) is 8.48. The van der Waals surface area contributed by atoms with Crippen LogP contribution in [0.25, 0.3) is 0 Å². The fraction of sp³-hybridized carbons (Fsp3) is 0.600. The minimum Gasteiger partial charge on any atom is -0.382 e. The van der Waals surface area contributed by atoms with Crippen molar-refractivity contribution >= 4 is 11.6 Å². The van der Waals surface area contributed by atoms with Gasteiger partial charge in [0.2, 0.25) is 0 Å². The van der Waals surface area contributed by atoms with E-state index in [-0.39, 0.29) is 0 Å². The van der Waals surface area contributed by atoms with Crippen LogP contribution in [0.3, 0.4) is 0 Å². The second-order valence-electron chi connectivity index (χ2n) is 3.78. The molecule has 4 nitrogen and oxygen atoms in total. The molecule has 0 bridgehead atoms. The van der Waals surface area contributed by atoms with Crippen molar-refractivity contribution < 1.29 is 0 Å². The Kier molecular flexibility index (Phi) is 2.52. The van der Waals surface area contributed by atoms with Gasteiger partial charge in [-0.1, -0.05) is 0 Å². The van der Waals surface area contributed by atoms with Crippen LogP contribution in [0, 0.1) is 5.92 Å². The van der Waals surface area contributed by atoms with Crippen molar-refractivity contribution in [3.63, 3.8) is 0 Å². The van der Waals surface area contributed by atoms with Crippen LogP contribution in [0.2, 0.25) is 0 Å². The molecule has 0 radical (unpaired) electrons. The lowest BCUT2D eigenvalue weighted by atomic mass is 10.3. The van der Waals surface area contributed by atoms with Crippen LogP contribution in [0.4, 0.5) is 11.6 Å². The molecule has 0 spiro atoms. The molecule has 0 aromatic carbocycles.